The Hall–Kier alpha value is 5.68. The molecule has 0 saturated heterocycles. The van der Waals surface area contributed by atoms with E-state index >= 15 is 0 Å². The summed E-state index contributed by atoms with van der Waals surface area (Å²) >= 11 is 0. The maximum absolute atomic E-state index is 10.1. The molecule has 0 heterocycles. The SMILES string of the molecule is Cc1ccccc1.O=[P+]([O-])OP(=O)([O-])O[P+](=O)[O-].O=[P+]([O-])OP(=O)([O-])O[P+](=O)[O-].[Na+].[Na+].[Na+].[Na+].[Na+].[Na+]. The van der Waals surface area contributed by atoms with Gasteiger partial charge in [-0.3, -0.25) is 9.13 Å². The van der Waals surface area contributed by atoms with E-state index in [0.29, 0.717) is 0 Å². The quantitative estimate of drug-likeness (QED) is 0.183. The normalized spacial score (nSPS) is 13.6. The van der Waals surface area contributed by atoms with E-state index in [2.05, 4.69) is 36.3 Å². The minimum Gasteiger partial charge on any atom is -0.750 e. The number of benzene rings is 1. The van der Waals surface area contributed by atoms with Crippen LogP contribution >= 0.6 is 48.7 Å². The molecule has 0 N–H and O–H groups in total. The van der Waals surface area contributed by atoms with Crippen molar-refractivity contribution in [2.24, 2.45) is 0 Å². The second-order valence-electron chi connectivity index (χ2n) is 3.77. The Balaban J connectivity index is -0.0000000487. The van der Waals surface area contributed by atoms with E-state index in [1.807, 2.05) is 18.2 Å². The van der Waals surface area contributed by atoms with E-state index < -0.39 is 48.7 Å². The Morgan fingerprint density at radius 2 is 0.771 bits per heavy atom. The van der Waals surface area contributed by atoms with Crippen LogP contribution in [0.3, 0.4) is 0 Å². The van der Waals surface area contributed by atoms with Crippen LogP contribution in [0.1, 0.15) is 5.56 Å². The molecule has 0 radical (unpaired) electrons. The molecule has 28 heteroatoms. The molecule has 4 atom stereocenters. The van der Waals surface area contributed by atoms with Crippen LogP contribution in [-0.2, 0) is 44.6 Å². The largest absolute Gasteiger partial charge is 1.00 e. The topological polar surface area (TPSA) is 278 Å². The molecule has 1 aromatic rings. The van der Waals surface area contributed by atoms with Gasteiger partial charge in [-0.2, -0.15) is 0 Å². The predicted molar refractivity (Wildman–Crippen MR) is 81.2 cm³/mol. The van der Waals surface area contributed by atoms with Crippen molar-refractivity contribution in [1.29, 1.82) is 0 Å². The molecule has 4 unspecified atom stereocenters. The van der Waals surface area contributed by atoms with Gasteiger partial charge in [-0.05, 0) is 25.2 Å². The maximum atomic E-state index is 10.1. The minimum absolute atomic E-state index is 0. The molecular formula is C7H8Na6O16P6+4. The van der Waals surface area contributed by atoms with Gasteiger partial charge in [-0.25, -0.2) is 0 Å². The van der Waals surface area contributed by atoms with Crippen molar-refractivity contribution in [3.63, 3.8) is 0 Å². The number of rotatable bonds is 8. The number of phosphoric acid groups is 2. The van der Waals surface area contributed by atoms with E-state index in [0.717, 1.165) is 0 Å². The molecule has 0 aliphatic heterocycles. The fourth-order valence-corrected chi connectivity index (χ4v) is 4.28. The van der Waals surface area contributed by atoms with Crippen LogP contribution in [-0.4, -0.2) is 0 Å². The fourth-order valence-electron chi connectivity index (χ4n) is 0.891. The summed E-state index contributed by atoms with van der Waals surface area (Å²) in [6.45, 7) is 2.08. The number of hydrogen-bond donors (Lipinski definition) is 0. The Labute approximate surface area is 336 Å². The Morgan fingerprint density at radius 3 is 0.886 bits per heavy atom. The molecule has 35 heavy (non-hydrogen) atoms. The molecule has 0 fully saturated rings. The maximum Gasteiger partial charge on any atom is 1.00 e. The summed E-state index contributed by atoms with van der Waals surface area (Å²) in [7, 11) is -25.2. The van der Waals surface area contributed by atoms with Crippen LogP contribution in [0.5, 0.6) is 0 Å². The van der Waals surface area contributed by atoms with Gasteiger partial charge in [0.1, 0.15) is 0 Å². The molecule has 0 aliphatic rings. The van der Waals surface area contributed by atoms with Crippen LogP contribution in [0, 0.1) is 6.92 Å². The summed E-state index contributed by atoms with van der Waals surface area (Å²) in [5.74, 6) is 0. The van der Waals surface area contributed by atoms with Gasteiger partial charge in [0.05, 0.1) is 0 Å². The summed E-state index contributed by atoms with van der Waals surface area (Å²) in [6, 6.07) is 10.3. The van der Waals surface area contributed by atoms with Crippen LogP contribution in [0.15, 0.2) is 30.3 Å². The van der Waals surface area contributed by atoms with Crippen molar-refractivity contribution in [1.82, 2.24) is 0 Å². The van der Waals surface area contributed by atoms with Crippen LogP contribution in [0.4, 0.5) is 0 Å². The number of aryl methyl sites for hydroxylation is 1. The molecule has 1 rings (SSSR count). The second kappa shape index (κ2) is 34.2. The van der Waals surface area contributed by atoms with Gasteiger partial charge in [-0.1, -0.05) is 53.1 Å². The average molecular weight is 672 g/mol. The molecule has 16 nitrogen and oxygen atoms in total. The summed E-state index contributed by atoms with van der Waals surface area (Å²) < 4.78 is 70.8. The van der Waals surface area contributed by atoms with E-state index in [9.17, 15) is 56.8 Å². The fraction of sp³-hybridized carbons (Fsp3) is 0.143. The summed E-state index contributed by atoms with van der Waals surface area (Å²) in [6.07, 6.45) is 0. The molecule has 164 valence electrons. The van der Waals surface area contributed by atoms with Gasteiger partial charge in [0.25, 0.3) is 0 Å². The third-order valence-electron chi connectivity index (χ3n) is 1.61. The Bertz CT molecular complexity index is 729. The molecule has 0 amide bonds. The zero-order valence-electron chi connectivity index (χ0n) is 19.6. The molecule has 0 aliphatic carbocycles. The van der Waals surface area contributed by atoms with Gasteiger partial charge < -0.3 is 29.4 Å². The number of hydrogen-bond acceptors (Lipinski definition) is 16. The molecule has 0 aromatic heterocycles. The van der Waals surface area contributed by atoms with Gasteiger partial charge >= 0.3 is 226 Å². The van der Waals surface area contributed by atoms with E-state index in [1.54, 1.807) is 0 Å². The van der Waals surface area contributed by atoms with Crippen molar-refractivity contribution in [3.05, 3.63) is 35.9 Å². The van der Waals surface area contributed by atoms with Crippen LogP contribution in [0.25, 0.3) is 0 Å². The second-order valence-corrected chi connectivity index (χ2v) is 9.96. The average Bonchev–Trinajstić information content (AvgIpc) is 2.43. The smallest absolute Gasteiger partial charge is 0.750 e. The van der Waals surface area contributed by atoms with E-state index in [-0.39, 0.29) is 177 Å². The van der Waals surface area contributed by atoms with E-state index in [4.69, 9.17) is 0 Å². The van der Waals surface area contributed by atoms with Gasteiger partial charge in [0, 0.05) is 0 Å². The summed E-state index contributed by atoms with van der Waals surface area (Å²) in [4.78, 5) is 58.4. The monoisotopic (exact) mass is 672 g/mol. The van der Waals surface area contributed by atoms with Crippen molar-refractivity contribution in [2.75, 3.05) is 0 Å². The van der Waals surface area contributed by atoms with Crippen molar-refractivity contribution in [2.45, 2.75) is 6.92 Å². The first-order chi connectivity index (χ1) is 13.1. The molecule has 0 spiro atoms. The Morgan fingerprint density at radius 1 is 0.571 bits per heavy atom. The van der Waals surface area contributed by atoms with Crippen LogP contribution in [0.2, 0.25) is 0 Å². The van der Waals surface area contributed by atoms with Crippen molar-refractivity contribution >= 4 is 48.7 Å². The first kappa shape index (κ1) is 60.0. The summed E-state index contributed by atoms with van der Waals surface area (Å²) in [5, 5.41) is 0. The van der Waals surface area contributed by atoms with Crippen molar-refractivity contribution in [3.8, 4) is 0 Å². The van der Waals surface area contributed by atoms with Gasteiger partial charge in [0.2, 0.25) is 0 Å². The molecule has 1 aromatic carbocycles. The standard InChI is InChI=1S/C7H8.6Na.2HO8P3/c1-7-5-3-2-4-6-7;;;;;;;2*1-9(2)7-11(5,6)8-10(3)4/h2-6H,1H3;;;;;;;2*(H,5,6)/q;6*+1;;/p-2. The molecule has 0 bridgehead atoms. The van der Waals surface area contributed by atoms with Gasteiger partial charge in [0.15, 0.2) is 0 Å². The zero-order chi connectivity index (χ0) is 23.3. The predicted octanol–water partition coefficient (Wildman–Crippen LogP) is -18.9. The minimum atomic E-state index is -5.25. The third kappa shape index (κ3) is 49.7. The molecular weight excluding hydrogens is 664 g/mol. The van der Waals surface area contributed by atoms with Crippen molar-refractivity contribution < 1.29 is 251 Å². The Kier molecular flexibility index (Phi) is 58.6. The molecule has 0 saturated carbocycles. The van der Waals surface area contributed by atoms with Gasteiger partial charge in [-0.15, -0.1) is 0 Å². The van der Waals surface area contributed by atoms with Crippen LogP contribution < -0.4 is 207 Å². The third-order valence-corrected chi connectivity index (χ3v) is 6.94. The first-order valence-corrected chi connectivity index (χ1v) is 13.4. The summed E-state index contributed by atoms with van der Waals surface area (Å²) in [5.41, 5.74) is 1.32. The van der Waals surface area contributed by atoms with E-state index in [1.165, 1.54) is 5.56 Å². The first-order valence-electron chi connectivity index (χ1n) is 6.06. The zero-order valence-corrected chi connectivity index (χ0v) is 37.0.